The molecule has 0 atom stereocenters. The zero-order valence-electron chi connectivity index (χ0n) is 11.9. The number of aromatic nitrogens is 1. The number of hydrogen-bond donors (Lipinski definition) is 1. The highest BCUT2D eigenvalue weighted by Crippen LogP contribution is 2.25. The summed E-state index contributed by atoms with van der Waals surface area (Å²) in [5, 5.41) is 3.28. The molecular weight excluding hydrogens is 300 g/mol. The van der Waals surface area contributed by atoms with Crippen molar-refractivity contribution < 1.29 is 9.53 Å². The summed E-state index contributed by atoms with van der Waals surface area (Å²) in [5.41, 5.74) is 0.500. The number of hydrogen-bond acceptors (Lipinski definition) is 4. The molecule has 0 unspecified atom stereocenters. The van der Waals surface area contributed by atoms with E-state index in [1.54, 1.807) is 18.2 Å². The topological polar surface area (TPSA) is 60.3 Å². The maximum absolute atomic E-state index is 12.4. The molecule has 6 heteroatoms. The Hall–Kier alpha value is -2.60. The fourth-order valence-corrected chi connectivity index (χ4v) is 3.22. The van der Waals surface area contributed by atoms with E-state index in [0.717, 1.165) is 4.70 Å². The van der Waals surface area contributed by atoms with Crippen LogP contribution in [0.3, 0.4) is 0 Å². The summed E-state index contributed by atoms with van der Waals surface area (Å²) < 4.78 is 7.45. The number of para-hydroxylation sites is 1. The summed E-state index contributed by atoms with van der Waals surface area (Å²) in [6.45, 7) is -0.0176. The van der Waals surface area contributed by atoms with Crippen molar-refractivity contribution in [3.8, 4) is 5.75 Å². The number of carbonyl (C=O) groups excluding carboxylic acids is 1. The molecule has 3 aromatic rings. The summed E-state index contributed by atoms with van der Waals surface area (Å²) >= 11 is 1.26. The summed E-state index contributed by atoms with van der Waals surface area (Å²) in [6.07, 6.45) is 0. The van der Waals surface area contributed by atoms with Crippen LogP contribution in [0.25, 0.3) is 10.1 Å². The van der Waals surface area contributed by atoms with Gasteiger partial charge in [-0.3, -0.25) is 13.5 Å². The molecule has 0 aliphatic carbocycles. The van der Waals surface area contributed by atoms with E-state index in [-0.39, 0.29) is 18.0 Å². The average molecular weight is 314 g/mol. The molecular formula is C16H14N2O3S. The van der Waals surface area contributed by atoms with Gasteiger partial charge in [-0.05, 0) is 24.3 Å². The smallest absolute Gasteiger partial charge is 0.272 e. The minimum absolute atomic E-state index is 0.0176. The third kappa shape index (κ3) is 2.73. The Kier molecular flexibility index (Phi) is 3.93. The van der Waals surface area contributed by atoms with Crippen LogP contribution in [0.4, 0.5) is 5.69 Å². The molecule has 0 saturated heterocycles. The van der Waals surface area contributed by atoms with Gasteiger partial charge >= 0.3 is 0 Å². The number of rotatable bonds is 4. The van der Waals surface area contributed by atoms with E-state index in [9.17, 15) is 9.59 Å². The van der Waals surface area contributed by atoms with Gasteiger partial charge in [0, 0.05) is 5.69 Å². The normalized spacial score (nSPS) is 10.6. The Morgan fingerprint density at radius 3 is 2.68 bits per heavy atom. The first-order valence-electron chi connectivity index (χ1n) is 6.71. The van der Waals surface area contributed by atoms with Crippen LogP contribution < -0.4 is 15.6 Å². The van der Waals surface area contributed by atoms with Gasteiger partial charge in [0.05, 0.1) is 11.8 Å². The van der Waals surface area contributed by atoms with Gasteiger partial charge in [0.2, 0.25) is 5.91 Å². The molecule has 0 aliphatic rings. The molecule has 1 heterocycles. The van der Waals surface area contributed by atoms with Crippen LogP contribution in [0.2, 0.25) is 0 Å². The average Bonchev–Trinajstić information content (AvgIpc) is 2.84. The maximum atomic E-state index is 12.4. The first-order chi connectivity index (χ1) is 10.7. The zero-order valence-corrected chi connectivity index (χ0v) is 12.7. The second-order valence-electron chi connectivity index (χ2n) is 4.68. The van der Waals surface area contributed by atoms with Crippen molar-refractivity contribution in [2.75, 3.05) is 12.4 Å². The lowest BCUT2D eigenvalue weighted by Gasteiger charge is -2.04. The highest BCUT2D eigenvalue weighted by atomic mass is 32.1. The van der Waals surface area contributed by atoms with Gasteiger partial charge in [-0.2, -0.15) is 0 Å². The van der Waals surface area contributed by atoms with Crippen LogP contribution in [0.15, 0.2) is 53.3 Å². The van der Waals surface area contributed by atoms with E-state index in [1.165, 1.54) is 22.6 Å². The Balaban J connectivity index is 1.87. The van der Waals surface area contributed by atoms with Crippen LogP contribution in [-0.4, -0.2) is 17.0 Å². The molecule has 0 bridgehead atoms. The predicted octanol–water partition coefficient (Wildman–Crippen LogP) is 2.71. The van der Waals surface area contributed by atoms with E-state index in [0.29, 0.717) is 16.8 Å². The fraction of sp³-hybridized carbons (Fsp3) is 0.125. The standard InChI is InChI=1S/C16H14N2O3S/c1-21-12-8-5-9-13-15(12)16(20)18(22-13)10-14(19)17-11-6-3-2-4-7-11/h2-9H,10H2,1H3,(H,17,19). The molecule has 1 amide bonds. The first kappa shape index (κ1) is 14.3. The minimum atomic E-state index is -0.237. The number of nitrogens with zero attached hydrogens (tertiary/aromatic N) is 1. The second-order valence-corrected chi connectivity index (χ2v) is 5.74. The zero-order chi connectivity index (χ0) is 15.5. The number of amides is 1. The lowest BCUT2D eigenvalue weighted by molar-refractivity contribution is -0.116. The Labute approximate surface area is 130 Å². The Bertz CT molecular complexity index is 868. The summed E-state index contributed by atoms with van der Waals surface area (Å²) in [4.78, 5) is 24.5. The number of benzene rings is 2. The summed E-state index contributed by atoms with van der Waals surface area (Å²) in [7, 11) is 1.53. The Morgan fingerprint density at radius 2 is 1.95 bits per heavy atom. The van der Waals surface area contributed by atoms with Crippen LogP contribution in [0.1, 0.15) is 0 Å². The van der Waals surface area contributed by atoms with Gasteiger partial charge in [-0.1, -0.05) is 35.8 Å². The number of anilines is 1. The molecule has 22 heavy (non-hydrogen) atoms. The predicted molar refractivity (Wildman–Crippen MR) is 87.7 cm³/mol. The number of methoxy groups -OCH3 is 1. The maximum Gasteiger partial charge on any atom is 0.272 e. The van der Waals surface area contributed by atoms with Crippen LogP contribution in [0.5, 0.6) is 5.75 Å². The SMILES string of the molecule is COc1cccc2sn(CC(=O)Nc3ccccc3)c(=O)c12. The largest absolute Gasteiger partial charge is 0.496 e. The molecule has 0 aliphatic heterocycles. The molecule has 0 radical (unpaired) electrons. The van der Waals surface area contributed by atoms with Crippen molar-refractivity contribution in [1.82, 2.24) is 3.96 Å². The lowest BCUT2D eigenvalue weighted by atomic mass is 10.2. The van der Waals surface area contributed by atoms with Crippen molar-refractivity contribution >= 4 is 33.2 Å². The van der Waals surface area contributed by atoms with Gasteiger partial charge < -0.3 is 10.1 Å². The van der Waals surface area contributed by atoms with Crippen molar-refractivity contribution in [2.24, 2.45) is 0 Å². The first-order valence-corrected chi connectivity index (χ1v) is 7.48. The van der Waals surface area contributed by atoms with E-state index < -0.39 is 0 Å². The molecule has 1 N–H and O–H groups in total. The highest BCUT2D eigenvalue weighted by molar-refractivity contribution is 7.14. The highest BCUT2D eigenvalue weighted by Gasteiger charge is 2.14. The molecule has 0 spiro atoms. The van der Waals surface area contributed by atoms with Gasteiger partial charge in [-0.25, -0.2) is 0 Å². The molecule has 0 saturated carbocycles. The summed E-state index contributed by atoms with van der Waals surface area (Å²) in [5.74, 6) is 0.291. The van der Waals surface area contributed by atoms with E-state index in [2.05, 4.69) is 5.32 Å². The van der Waals surface area contributed by atoms with Crippen LogP contribution in [-0.2, 0) is 11.3 Å². The van der Waals surface area contributed by atoms with Gasteiger partial charge in [0.1, 0.15) is 17.7 Å². The molecule has 1 aromatic heterocycles. The van der Waals surface area contributed by atoms with Crippen LogP contribution in [0, 0.1) is 0 Å². The number of carbonyl (C=O) groups is 1. The quantitative estimate of drug-likeness (QED) is 0.805. The van der Waals surface area contributed by atoms with Crippen molar-refractivity contribution in [2.45, 2.75) is 6.54 Å². The van der Waals surface area contributed by atoms with E-state index in [1.807, 2.05) is 30.3 Å². The monoisotopic (exact) mass is 314 g/mol. The molecule has 5 nitrogen and oxygen atoms in total. The lowest BCUT2D eigenvalue weighted by Crippen LogP contribution is -2.23. The molecule has 112 valence electrons. The third-order valence-corrected chi connectivity index (χ3v) is 4.25. The van der Waals surface area contributed by atoms with Gasteiger partial charge in [0.15, 0.2) is 0 Å². The Morgan fingerprint density at radius 1 is 1.18 bits per heavy atom. The summed E-state index contributed by atoms with van der Waals surface area (Å²) in [6, 6.07) is 14.6. The van der Waals surface area contributed by atoms with Crippen molar-refractivity contribution in [3.05, 3.63) is 58.9 Å². The number of fused-ring (bicyclic) bond motifs is 1. The van der Waals surface area contributed by atoms with E-state index >= 15 is 0 Å². The van der Waals surface area contributed by atoms with Gasteiger partial charge in [-0.15, -0.1) is 0 Å². The van der Waals surface area contributed by atoms with Crippen molar-refractivity contribution in [3.63, 3.8) is 0 Å². The second kappa shape index (κ2) is 6.03. The van der Waals surface area contributed by atoms with Crippen molar-refractivity contribution in [1.29, 1.82) is 0 Å². The molecule has 0 fully saturated rings. The third-order valence-electron chi connectivity index (χ3n) is 3.20. The van der Waals surface area contributed by atoms with Gasteiger partial charge in [0.25, 0.3) is 5.56 Å². The van der Waals surface area contributed by atoms with Crippen LogP contribution >= 0.6 is 11.5 Å². The number of ether oxygens (including phenoxy) is 1. The molecule has 2 aromatic carbocycles. The molecule has 3 rings (SSSR count). The van der Waals surface area contributed by atoms with E-state index in [4.69, 9.17) is 4.74 Å². The number of nitrogens with one attached hydrogen (secondary N) is 1. The minimum Gasteiger partial charge on any atom is -0.496 e. The fourth-order valence-electron chi connectivity index (χ4n) is 2.21.